The smallest absolute Gasteiger partial charge is 0.238 e. The summed E-state index contributed by atoms with van der Waals surface area (Å²) in [5.41, 5.74) is 6.60. The average molecular weight is 300 g/mol. The predicted molar refractivity (Wildman–Crippen MR) is 82.5 cm³/mol. The summed E-state index contributed by atoms with van der Waals surface area (Å²) in [5, 5.41) is 2.88. The molecule has 6 heteroatoms. The van der Waals surface area contributed by atoms with E-state index in [9.17, 15) is 4.79 Å². The Bertz CT molecular complexity index is 425. The third-order valence-corrected chi connectivity index (χ3v) is 3.13. The van der Waals surface area contributed by atoms with E-state index in [1.165, 1.54) is 0 Å². The number of nitrogens with two attached hydrogens (primary N) is 1. The van der Waals surface area contributed by atoms with Crippen LogP contribution in [-0.4, -0.2) is 43.1 Å². The molecule has 5 nitrogen and oxygen atoms in total. The van der Waals surface area contributed by atoms with Crippen molar-refractivity contribution < 1.29 is 9.53 Å². The first kappa shape index (κ1) is 16.8. The third-order valence-electron chi connectivity index (χ3n) is 3.13. The maximum absolute atomic E-state index is 11.9. The first-order valence-corrected chi connectivity index (χ1v) is 6.68. The Balaban J connectivity index is 0.00000200. The Labute approximate surface area is 125 Å². The summed E-state index contributed by atoms with van der Waals surface area (Å²) < 4.78 is 5.35. The Morgan fingerprint density at radius 3 is 2.70 bits per heavy atom. The number of nitrogens with zero attached hydrogens (tertiary/aromatic N) is 1. The molecule has 1 aliphatic heterocycles. The summed E-state index contributed by atoms with van der Waals surface area (Å²) in [7, 11) is 0. The standard InChI is InChI=1S/C14H21N3O2.ClH/c1-2-19-13-5-3-12(4-6-13)16-14(18)10-17-8-7-11(15)9-17;/h3-6,11H,2,7-10,15H2,1H3,(H,16,18);1H. The molecule has 1 fully saturated rings. The topological polar surface area (TPSA) is 67.6 Å². The highest BCUT2D eigenvalue weighted by Gasteiger charge is 2.20. The number of halogens is 1. The van der Waals surface area contributed by atoms with E-state index in [2.05, 4.69) is 10.2 Å². The van der Waals surface area contributed by atoms with Gasteiger partial charge in [0.25, 0.3) is 0 Å². The van der Waals surface area contributed by atoms with Crippen molar-refractivity contribution in [2.24, 2.45) is 5.73 Å². The van der Waals surface area contributed by atoms with Crippen molar-refractivity contribution in [1.29, 1.82) is 0 Å². The molecule has 3 N–H and O–H groups in total. The van der Waals surface area contributed by atoms with Crippen LogP contribution in [0.4, 0.5) is 5.69 Å². The summed E-state index contributed by atoms with van der Waals surface area (Å²) in [5.74, 6) is 0.810. The quantitative estimate of drug-likeness (QED) is 0.864. The van der Waals surface area contributed by atoms with Gasteiger partial charge in [0.2, 0.25) is 5.91 Å². The molecule has 1 aromatic rings. The van der Waals surface area contributed by atoms with Gasteiger partial charge in [-0.25, -0.2) is 0 Å². The van der Waals surface area contributed by atoms with Gasteiger partial charge >= 0.3 is 0 Å². The average Bonchev–Trinajstić information content (AvgIpc) is 2.77. The van der Waals surface area contributed by atoms with E-state index < -0.39 is 0 Å². The lowest BCUT2D eigenvalue weighted by Gasteiger charge is -2.14. The second-order valence-corrected chi connectivity index (χ2v) is 4.79. The molecule has 20 heavy (non-hydrogen) atoms. The van der Waals surface area contributed by atoms with Crippen molar-refractivity contribution >= 4 is 24.0 Å². The Kier molecular flexibility index (Phi) is 6.78. The fourth-order valence-electron chi connectivity index (χ4n) is 2.21. The number of rotatable bonds is 5. The van der Waals surface area contributed by atoms with Crippen molar-refractivity contribution in [3.05, 3.63) is 24.3 Å². The molecule has 2 rings (SSSR count). The van der Waals surface area contributed by atoms with Gasteiger partial charge in [-0.2, -0.15) is 0 Å². The largest absolute Gasteiger partial charge is 0.494 e. The van der Waals surface area contributed by atoms with E-state index in [0.717, 1.165) is 30.9 Å². The third kappa shape index (κ3) is 5.00. The zero-order valence-electron chi connectivity index (χ0n) is 11.7. The lowest BCUT2D eigenvalue weighted by Crippen LogP contribution is -2.33. The minimum absolute atomic E-state index is 0. The molecule has 1 aromatic carbocycles. The van der Waals surface area contributed by atoms with Gasteiger partial charge in [0, 0.05) is 24.8 Å². The Morgan fingerprint density at radius 1 is 1.45 bits per heavy atom. The van der Waals surface area contributed by atoms with Crippen molar-refractivity contribution in [1.82, 2.24) is 4.90 Å². The molecule has 0 saturated carbocycles. The number of anilines is 1. The fourth-order valence-corrected chi connectivity index (χ4v) is 2.21. The molecular formula is C14H22ClN3O2. The van der Waals surface area contributed by atoms with Crippen molar-refractivity contribution in [3.63, 3.8) is 0 Å². The zero-order valence-corrected chi connectivity index (χ0v) is 12.5. The molecule has 0 aromatic heterocycles. The molecule has 1 saturated heterocycles. The molecule has 0 aliphatic carbocycles. The van der Waals surface area contributed by atoms with Crippen LogP contribution < -0.4 is 15.8 Å². The van der Waals surface area contributed by atoms with Gasteiger partial charge in [-0.15, -0.1) is 12.4 Å². The van der Waals surface area contributed by atoms with Crippen LogP contribution in [0.2, 0.25) is 0 Å². The highest BCUT2D eigenvalue weighted by Crippen LogP contribution is 2.15. The number of benzene rings is 1. The van der Waals surface area contributed by atoms with E-state index in [-0.39, 0.29) is 24.4 Å². The van der Waals surface area contributed by atoms with E-state index in [1.807, 2.05) is 31.2 Å². The molecular weight excluding hydrogens is 278 g/mol. The normalized spacial score (nSPS) is 18.4. The molecule has 0 bridgehead atoms. The maximum Gasteiger partial charge on any atom is 0.238 e. The van der Waals surface area contributed by atoms with Crippen molar-refractivity contribution in [2.75, 3.05) is 31.6 Å². The summed E-state index contributed by atoms with van der Waals surface area (Å²) in [6.07, 6.45) is 0.969. The molecule has 0 spiro atoms. The van der Waals surface area contributed by atoms with Crippen LogP contribution in [0.5, 0.6) is 5.75 Å². The van der Waals surface area contributed by atoms with Gasteiger partial charge in [0.1, 0.15) is 5.75 Å². The number of likely N-dealkylation sites (tertiary alicyclic amines) is 1. The fraction of sp³-hybridized carbons (Fsp3) is 0.500. The van der Waals surface area contributed by atoms with Gasteiger partial charge in [0.15, 0.2) is 0 Å². The van der Waals surface area contributed by atoms with Gasteiger partial charge in [-0.3, -0.25) is 9.69 Å². The highest BCUT2D eigenvalue weighted by molar-refractivity contribution is 5.92. The summed E-state index contributed by atoms with van der Waals surface area (Å²) >= 11 is 0. The number of nitrogens with one attached hydrogen (secondary N) is 1. The van der Waals surface area contributed by atoms with E-state index in [0.29, 0.717) is 13.2 Å². The lowest BCUT2D eigenvalue weighted by atomic mass is 10.3. The van der Waals surface area contributed by atoms with Crippen molar-refractivity contribution in [2.45, 2.75) is 19.4 Å². The Morgan fingerprint density at radius 2 is 2.15 bits per heavy atom. The summed E-state index contributed by atoms with van der Waals surface area (Å²) in [6, 6.07) is 7.60. The van der Waals surface area contributed by atoms with Crippen LogP contribution in [0.25, 0.3) is 0 Å². The monoisotopic (exact) mass is 299 g/mol. The first-order chi connectivity index (χ1) is 9.17. The number of hydrogen-bond donors (Lipinski definition) is 2. The van der Waals surface area contributed by atoms with Gasteiger partial charge in [-0.05, 0) is 37.6 Å². The molecule has 1 atom stereocenters. The molecule has 1 amide bonds. The molecule has 1 aliphatic rings. The number of hydrogen-bond acceptors (Lipinski definition) is 4. The van der Waals surface area contributed by atoms with E-state index in [1.54, 1.807) is 0 Å². The minimum atomic E-state index is -0.00161. The van der Waals surface area contributed by atoms with Crippen LogP contribution >= 0.6 is 12.4 Å². The van der Waals surface area contributed by atoms with Crippen LogP contribution in [0.1, 0.15) is 13.3 Å². The molecule has 1 heterocycles. The van der Waals surface area contributed by atoms with E-state index in [4.69, 9.17) is 10.5 Å². The predicted octanol–water partition coefficient (Wildman–Crippen LogP) is 1.48. The SMILES string of the molecule is CCOc1ccc(NC(=O)CN2CCC(N)C2)cc1.Cl. The molecule has 1 unspecified atom stereocenters. The van der Waals surface area contributed by atoms with Gasteiger partial charge in [0.05, 0.1) is 13.2 Å². The van der Waals surface area contributed by atoms with Gasteiger partial charge in [-0.1, -0.05) is 0 Å². The van der Waals surface area contributed by atoms with Crippen LogP contribution in [0, 0.1) is 0 Å². The second kappa shape index (κ2) is 8.09. The zero-order chi connectivity index (χ0) is 13.7. The second-order valence-electron chi connectivity index (χ2n) is 4.79. The minimum Gasteiger partial charge on any atom is -0.494 e. The lowest BCUT2D eigenvalue weighted by molar-refractivity contribution is -0.117. The van der Waals surface area contributed by atoms with Crippen LogP contribution in [-0.2, 0) is 4.79 Å². The van der Waals surface area contributed by atoms with Crippen molar-refractivity contribution in [3.8, 4) is 5.75 Å². The van der Waals surface area contributed by atoms with E-state index >= 15 is 0 Å². The molecule has 112 valence electrons. The number of amides is 1. The summed E-state index contributed by atoms with van der Waals surface area (Å²) in [4.78, 5) is 13.9. The van der Waals surface area contributed by atoms with Crippen LogP contribution in [0.15, 0.2) is 24.3 Å². The maximum atomic E-state index is 11.9. The van der Waals surface area contributed by atoms with Crippen LogP contribution in [0.3, 0.4) is 0 Å². The molecule has 0 radical (unpaired) electrons. The van der Waals surface area contributed by atoms with Gasteiger partial charge < -0.3 is 15.8 Å². The Hall–Kier alpha value is -1.30. The highest BCUT2D eigenvalue weighted by atomic mass is 35.5. The number of carbonyl (C=O) groups is 1. The number of carbonyl (C=O) groups excluding carboxylic acids is 1. The summed E-state index contributed by atoms with van der Waals surface area (Å²) in [6.45, 7) is 4.69. The number of ether oxygens (including phenoxy) is 1. The first-order valence-electron chi connectivity index (χ1n) is 6.68.